The average Bonchev–Trinajstić information content (AvgIpc) is 2.63. The van der Waals surface area contributed by atoms with E-state index in [0.717, 1.165) is 32.4 Å². The molecule has 1 aromatic carbocycles. The maximum Gasteiger partial charge on any atom is 0.0642 e. The highest BCUT2D eigenvalue weighted by atomic mass is 15.3. The molecule has 1 aliphatic rings. The molecule has 0 radical (unpaired) electrons. The highest BCUT2D eigenvalue weighted by Crippen LogP contribution is 2.45. The molecule has 2 heteroatoms. The van der Waals surface area contributed by atoms with E-state index in [2.05, 4.69) is 64.3 Å². The average molecular weight is 331 g/mol. The molecular weight excluding hydrogens is 292 g/mol. The highest BCUT2D eigenvalue weighted by Gasteiger charge is 2.37. The largest absolute Gasteiger partial charge is 0.365 e. The lowest BCUT2D eigenvalue weighted by Crippen LogP contribution is -2.56. The van der Waals surface area contributed by atoms with Gasteiger partial charge < -0.3 is 9.80 Å². The topological polar surface area (TPSA) is 6.48 Å². The minimum absolute atomic E-state index is 0.634. The van der Waals surface area contributed by atoms with Crippen LogP contribution in [0.2, 0.25) is 0 Å². The van der Waals surface area contributed by atoms with Crippen LogP contribution < -0.4 is 9.80 Å². The van der Waals surface area contributed by atoms with Gasteiger partial charge in [-0.2, -0.15) is 0 Å². The molecule has 1 aliphatic heterocycles. The third-order valence-electron chi connectivity index (χ3n) is 6.04. The Morgan fingerprint density at radius 3 is 1.67 bits per heavy atom. The van der Waals surface area contributed by atoms with Crippen molar-refractivity contribution in [3.05, 3.63) is 22.8 Å². The number of fused-ring (bicyclic) bond motifs is 1. The van der Waals surface area contributed by atoms with E-state index < -0.39 is 0 Å². The van der Waals surface area contributed by atoms with E-state index in [1.807, 2.05) is 0 Å². The summed E-state index contributed by atoms with van der Waals surface area (Å²) in [5, 5.41) is 0. The van der Waals surface area contributed by atoms with Crippen LogP contribution in [-0.4, -0.2) is 25.2 Å². The van der Waals surface area contributed by atoms with E-state index in [1.54, 1.807) is 22.4 Å². The molecular formula is C22H38N2. The molecule has 24 heavy (non-hydrogen) atoms. The highest BCUT2D eigenvalue weighted by molar-refractivity contribution is 5.81. The van der Waals surface area contributed by atoms with E-state index >= 15 is 0 Å². The fourth-order valence-corrected chi connectivity index (χ4v) is 5.03. The van der Waals surface area contributed by atoms with Crippen molar-refractivity contribution in [2.24, 2.45) is 0 Å². The normalized spacial score (nSPS) is 20.5. The number of aryl methyl sites for hydroxylation is 1. The number of nitrogens with zero attached hydrogens (tertiary/aromatic N) is 2. The number of hydrogen-bond donors (Lipinski definition) is 0. The van der Waals surface area contributed by atoms with Crippen molar-refractivity contribution in [2.45, 2.75) is 92.7 Å². The van der Waals surface area contributed by atoms with E-state index in [4.69, 9.17) is 0 Å². The third-order valence-corrected chi connectivity index (χ3v) is 6.04. The standard InChI is InChI=1S/C22H38N2/c1-8-16-15-21-22(18(10-3)17(16)9-2)24(14-7)20(12-5)19(11-4)23(21)13-6/h15,19-20H,8-14H2,1-7H3. The molecule has 1 aromatic rings. The first kappa shape index (κ1) is 19.1. The van der Waals surface area contributed by atoms with Gasteiger partial charge in [-0.1, -0.05) is 34.6 Å². The monoisotopic (exact) mass is 330 g/mol. The number of benzene rings is 1. The molecule has 2 rings (SSSR count). The number of rotatable bonds is 7. The van der Waals surface area contributed by atoms with Crippen LogP contribution >= 0.6 is 0 Å². The summed E-state index contributed by atoms with van der Waals surface area (Å²) in [6.45, 7) is 18.6. The molecule has 0 bridgehead atoms. The summed E-state index contributed by atoms with van der Waals surface area (Å²) in [6.07, 6.45) is 5.88. The van der Waals surface area contributed by atoms with Crippen molar-refractivity contribution >= 4 is 11.4 Å². The molecule has 0 aromatic heterocycles. The molecule has 0 spiro atoms. The molecule has 0 aliphatic carbocycles. The van der Waals surface area contributed by atoms with Crippen LogP contribution in [-0.2, 0) is 19.3 Å². The van der Waals surface area contributed by atoms with Crippen LogP contribution in [0, 0.1) is 0 Å². The van der Waals surface area contributed by atoms with Gasteiger partial charge in [0, 0.05) is 25.2 Å². The van der Waals surface area contributed by atoms with Crippen LogP contribution in [0.5, 0.6) is 0 Å². The fraction of sp³-hybridized carbons (Fsp3) is 0.727. The Kier molecular flexibility index (Phi) is 6.60. The first-order valence-electron chi connectivity index (χ1n) is 10.3. The first-order chi connectivity index (χ1) is 11.6. The summed E-state index contributed by atoms with van der Waals surface area (Å²) in [7, 11) is 0. The van der Waals surface area contributed by atoms with E-state index in [-0.39, 0.29) is 0 Å². The Bertz CT molecular complexity index is 549. The quantitative estimate of drug-likeness (QED) is 0.642. The van der Waals surface area contributed by atoms with Crippen molar-refractivity contribution in [1.82, 2.24) is 0 Å². The van der Waals surface area contributed by atoms with Gasteiger partial charge in [0.25, 0.3) is 0 Å². The van der Waals surface area contributed by atoms with Gasteiger partial charge in [0.05, 0.1) is 11.4 Å². The predicted octanol–water partition coefficient (Wildman–Crippen LogP) is 5.60. The Hall–Kier alpha value is -1.18. The van der Waals surface area contributed by atoms with E-state index in [0.29, 0.717) is 12.1 Å². The van der Waals surface area contributed by atoms with Gasteiger partial charge >= 0.3 is 0 Å². The SMILES string of the molecule is CCc1cc2c(c(CC)c1CC)N(CC)C(CC)C(CC)N2CC. The summed E-state index contributed by atoms with van der Waals surface area (Å²) in [5.74, 6) is 0. The lowest BCUT2D eigenvalue weighted by atomic mass is 9.86. The van der Waals surface area contributed by atoms with Crippen LogP contribution in [0.25, 0.3) is 0 Å². The summed E-state index contributed by atoms with van der Waals surface area (Å²) in [4.78, 5) is 5.43. The molecule has 2 unspecified atom stereocenters. The Labute approximate surface area is 150 Å². The Morgan fingerprint density at radius 1 is 0.708 bits per heavy atom. The predicted molar refractivity (Wildman–Crippen MR) is 109 cm³/mol. The second-order valence-electron chi connectivity index (χ2n) is 6.94. The maximum atomic E-state index is 2.73. The van der Waals surface area contributed by atoms with Crippen molar-refractivity contribution in [3.8, 4) is 0 Å². The molecule has 1 heterocycles. The van der Waals surface area contributed by atoms with Gasteiger partial charge in [0.1, 0.15) is 0 Å². The maximum absolute atomic E-state index is 2.73. The molecule has 0 saturated carbocycles. The zero-order valence-corrected chi connectivity index (χ0v) is 17.1. The zero-order chi connectivity index (χ0) is 17.9. The minimum atomic E-state index is 0.634. The van der Waals surface area contributed by atoms with Crippen LogP contribution in [0.3, 0.4) is 0 Å². The zero-order valence-electron chi connectivity index (χ0n) is 17.1. The third kappa shape index (κ3) is 2.93. The molecule has 0 fully saturated rings. The van der Waals surface area contributed by atoms with Gasteiger partial charge in [-0.3, -0.25) is 0 Å². The van der Waals surface area contributed by atoms with Crippen LogP contribution in [0.1, 0.15) is 78.0 Å². The van der Waals surface area contributed by atoms with Crippen molar-refractivity contribution in [3.63, 3.8) is 0 Å². The molecule has 0 amide bonds. The number of likely N-dealkylation sites (N-methyl/N-ethyl adjacent to an activating group) is 2. The van der Waals surface area contributed by atoms with Gasteiger partial charge in [-0.05, 0) is 68.7 Å². The van der Waals surface area contributed by atoms with Crippen molar-refractivity contribution in [2.75, 3.05) is 22.9 Å². The summed E-state index contributed by atoms with van der Waals surface area (Å²) >= 11 is 0. The first-order valence-corrected chi connectivity index (χ1v) is 10.3. The summed E-state index contributed by atoms with van der Waals surface area (Å²) in [5.41, 5.74) is 7.83. The van der Waals surface area contributed by atoms with Crippen LogP contribution in [0.4, 0.5) is 11.4 Å². The fourth-order valence-electron chi connectivity index (χ4n) is 5.03. The lowest BCUT2D eigenvalue weighted by Gasteiger charge is -2.51. The van der Waals surface area contributed by atoms with E-state index in [9.17, 15) is 0 Å². The lowest BCUT2D eigenvalue weighted by molar-refractivity contribution is 0.423. The summed E-state index contributed by atoms with van der Waals surface area (Å²) < 4.78 is 0. The Morgan fingerprint density at radius 2 is 1.25 bits per heavy atom. The Balaban J connectivity index is 2.79. The van der Waals surface area contributed by atoms with Gasteiger partial charge in [-0.25, -0.2) is 0 Å². The second kappa shape index (κ2) is 8.27. The summed E-state index contributed by atoms with van der Waals surface area (Å²) in [6, 6.07) is 3.79. The molecule has 0 N–H and O–H groups in total. The smallest absolute Gasteiger partial charge is 0.0642 e. The minimum Gasteiger partial charge on any atom is -0.365 e. The van der Waals surface area contributed by atoms with Gasteiger partial charge in [0.2, 0.25) is 0 Å². The van der Waals surface area contributed by atoms with Crippen molar-refractivity contribution in [1.29, 1.82) is 0 Å². The second-order valence-corrected chi connectivity index (χ2v) is 6.94. The molecule has 2 atom stereocenters. The van der Waals surface area contributed by atoms with Gasteiger partial charge in [-0.15, -0.1) is 0 Å². The van der Waals surface area contributed by atoms with Gasteiger partial charge in [0.15, 0.2) is 0 Å². The van der Waals surface area contributed by atoms with Crippen LogP contribution in [0.15, 0.2) is 6.07 Å². The van der Waals surface area contributed by atoms with Crippen molar-refractivity contribution < 1.29 is 0 Å². The molecule has 0 saturated heterocycles. The molecule has 2 nitrogen and oxygen atoms in total. The number of anilines is 2. The molecule has 136 valence electrons. The van der Waals surface area contributed by atoms with E-state index in [1.165, 1.54) is 18.5 Å². The number of hydrogen-bond acceptors (Lipinski definition) is 2.